The average molecular weight is 252 g/mol. The Morgan fingerprint density at radius 2 is 2.06 bits per heavy atom. The van der Waals surface area contributed by atoms with Gasteiger partial charge in [-0.15, -0.1) is 5.10 Å². The summed E-state index contributed by atoms with van der Waals surface area (Å²) < 4.78 is 1.66. The second-order valence-corrected chi connectivity index (χ2v) is 4.86. The van der Waals surface area contributed by atoms with Gasteiger partial charge in [-0.3, -0.25) is 0 Å². The van der Waals surface area contributed by atoms with Gasteiger partial charge >= 0.3 is 0 Å². The molecular weight excluding hydrogens is 238 g/mol. The molecule has 0 saturated carbocycles. The van der Waals surface area contributed by atoms with Crippen molar-refractivity contribution in [3.8, 4) is 0 Å². The van der Waals surface area contributed by atoms with E-state index in [2.05, 4.69) is 10.3 Å². The molecule has 0 aliphatic carbocycles. The average Bonchev–Trinajstić information content (AvgIpc) is 2.69. The minimum Gasteiger partial charge on any atom is -0.384 e. The zero-order valence-corrected chi connectivity index (χ0v) is 10.5. The molecule has 2 rings (SSSR count). The van der Waals surface area contributed by atoms with Crippen molar-refractivity contribution in [3.05, 3.63) is 46.7 Å². The number of halogens is 1. The molecule has 0 saturated heterocycles. The Morgan fingerprint density at radius 3 is 2.65 bits per heavy atom. The number of aliphatic hydroxyl groups is 1. The van der Waals surface area contributed by atoms with Crippen molar-refractivity contribution in [2.45, 2.75) is 26.0 Å². The van der Waals surface area contributed by atoms with Gasteiger partial charge in [0.15, 0.2) is 0 Å². The largest absolute Gasteiger partial charge is 0.384 e. The molecule has 4 nitrogen and oxygen atoms in total. The molecule has 0 radical (unpaired) electrons. The van der Waals surface area contributed by atoms with E-state index >= 15 is 0 Å². The van der Waals surface area contributed by atoms with Gasteiger partial charge in [-0.25, -0.2) is 4.68 Å². The first kappa shape index (κ1) is 12.1. The summed E-state index contributed by atoms with van der Waals surface area (Å²) in [6.07, 6.45) is 1.73. The standard InChI is InChI=1S/C12H14ClN3O/c1-12(2,17)11-8-16(15-14-11)7-9-5-3-4-6-10(9)13/h3-6,8,17H,7H2,1-2H3. The molecule has 1 heterocycles. The van der Waals surface area contributed by atoms with Crippen LogP contribution in [0.1, 0.15) is 25.1 Å². The lowest BCUT2D eigenvalue weighted by atomic mass is 10.1. The van der Waals surface area contributed by atoms with E-state index in [1.807, 2.05) is 24.3 Å². The van der Waals surface area contributed by atoms with Crippen LogP contribution in [0.2, 0.25) is 5.02 Å². The molecule has 0 bridgehead atoms. The number of hydrogen-bond acceptors (Lipinski definition) is 3. The van der Waals surface area contributed by atoms with Crippen LogP contribution in [0.4, 0.5) is 0 Å². The predicted octanol–water partition coefficient (Wildman–Crippen LogP) is 2.21. The third-order valence-electron chi connectivity index (χ3n) is 2.46. The van der Waals surface area contributed by atoms with Gasteiger partial charge in [-0.05, 0) is 25.5 Å². The van der Waals surface area contributed by atoms with Crippen LogP contribution in [0.15, 0.2) is 30.5 Å². The molecule has 1 N–H and O–H groups in total. The van der Waals surface area contributed by atoms with Gasteiger partial charge in [0.1, 0.15) is 11.3 Å². The number of nitrogens with zero attached hydrogens (tertiary/aromatic N) is 3. The van der Waals surface area contributed by atoms with Crippen molar-refractivity contribution in [1.82, 2.24) is 15.0 Å². The quantitative estimate of drug-likeness (QED) is 0.910. The van der Waals surface area contributed by atoms with Crippen LogP contribution in [-0.2, 0) is 12.1 Å². The molecular formula is C12H14ClN3O. The Balaban J connectivity index is 2.21. The summed E-state index contributed by atoms with van der Waals surface area (Å²) in [5.74, 6) is 0. The maximum absolute atomic E-state index is 9.78. The molecule has 0 fully saturated rings. The maximum atomic E-state index is 9.78. The zero-order valence-electron chi connectivity index (χ0n) is 9.76. The van der Waals surface area contributed by atoms with E-state index in [4.69, 9.17) is 11.6 Å². The summed E-state index contributed by atoms with van der Waals surface area (Å²) in [4.78, 5) is 0. The van der Waals surface area contributed by atoms with E-state index in [1.165, 1.54) is 0 Å². The number of hydrogen-bond donors (Lipinski definition) is 1. The second-order valence-electron chi connectivity index (χ2n) is 4.45. The summed E-state index contributed by atoms with van der Waals surface area (Å²) in [6, 6.07) is 7.59. The van der Waals surface area contributed by atoms with Crippen LogP contribution in [0.3, 0.4) is 0 Å². The summed E-state index contributed by atoms with van der Waals surface area (Å²) in [6.45, 7) is 3.90. The highest BCUT2D eigenvalue weighted by Gasteiger charge is 2.20. The Labute approximate surface area is 105 Å². The van der Waals surface area contributed by atoms with Gasteiger partial charge in [0.2, 0.25) is 0 Å². The zero-order chi connectivity index (χ0) is 12.5. The van der Waals surface area contributed by atoms with Gasteiger partial charge in [0.05, 0.1) is 12.7 Å². The molecule has 0 atom stereocenters. The van der Waals surface area contributed by atoms with Crippen LogP contribution in [-0.4, -0.2) is 20.1 Å². The van der Waals surface area contributed by atoms with Crippen molar-refractivity contribution in [2.75, 3.05) is 0 Å². The lowest BCUT2D eigenvalue weighted by Crippen LogP contribution is -2.15. The van der Waals surface area contributed by atoms with E-state index < -0.39 is 5.60 Å². The van der Waals surface area contributed by atoms with Crippen LogP contribution in [0.25, 0.3) is 0 Å². The first-order valence-corrected chi connectivity index (χ1v) is 5.71. The fourth-order valence-corrected chi connectivity index (χ4v) is 1.65. The number of benzene rings is 1. The van der Waals surface area contributed by atoms with Crippen LogP contribution in [0, 0.1) is 0 Å². The SMILES string of the molecule is CC(C)(O)c1cn(Cc2ccccc2Cl)nn1. The highest BCUT2D eigenvalue weighted by Crippen LogP contribution is 2.18. The van der Waals surface area contributed by atoms with Gasteiger partial charge in [0, 0.05) is 5.02 Å². The summed E-state index contributed by atoms with van der Waals surface area (Å²) in [7, 11) is 0. The maximum Gasteiger partial charge on any atom is 0.114 e. The van der Waals surface area contributed by atoms with Crippen LogP contribution < -0.4 is 0 Å². The molecule has 0 spiro atoms. The van der Waals surface area contributed by atoms with Crippen molar-refractivity contribution < 1.29 is 5.11 Å². The second kappa shape index (κ2) is 4.47. The van der Waals surface area contributed by atoms with Crippen molar-refractivity contribution in [3.63, 3.8) is 0 Å². The Hall–Kier alpha value is -1.39. The summed E-state index contributed by atoms with van der Waals surface area (Å²) >= 11 is 6.06. The lowest BCUT2D eigenvalue weighted by molar-refractivity contribution is 0.0737. The molecule has 2 aromatic rings. The number of rotatable bonds is 3. The third kappa shape index (κ3) is 2.84. The molecule has 1 aromatic carbocycles. The van der Waals surface area contributed by atoms with Crippen LogP contribution >= 0.6 is 11.6 Å². The van der Waals surface area contributed by atoms with E-state index in [-0.39, 0.29) is 0 Å². The molecule has 17 heavy (non-hydrogen) atoms. The van der Waals surface area contributed by atoms with Crippen molar-refractivity contribution >= 4 is 11.6 Å². The molecule has 1 aromatic heterocycles. The predicted molar refractivity (Wildman–Crippen MR) is 65.8 cm³/mol. The molecule has 90 valence electrons. The fraction of sp³-hybridized carbons (Fsp3) is 0.333. The third-order valence-corrected chi connectivity index (χ3v) is 2.82. The van der Waals surface area contributed by atoms with Crippen LogP contribution in [0.5, 0.6) is 0 Å². The minimum atomic E-state index is -0.973. The van der Waals surface area contributed by atoms with Gasteiger partial charge in [-0.1, -0.05) is 35.0 Å². The Kier molecular flexibility index (Phi) is 3.17. The van der Waals surface area contributed by atoms with Gasteiger partial charge < -0.3 is 5.11 Å². The highest BCUT2D eigenvalue weighted by molar-refractivity contribution is 6.31. The first-order chi connectivity index (χ1) is 7.97. The Morgan fingerprint density at radius 1 is 1.35 bits per heavy atom. The summed E-state index contributed by atoms with van der Waals surface area (Å²) in [5, 5.41) is 18.4. The van der Waals surface area contributed by atoms with E-state index in [0.717, 1.165) is 5.56 Å². The van der Waals surface area contributed by atoms with Crippen molar-refractivity contribution in [1.29, 1.82) is 0 Å². The minimum absolute atomic E-state index is 0.544. The monoisotopic (exact) mass is 251 g/mol. The number of aromatic nitrogens is 3. The lowest BCUT2D eigenvalue weighted by Gasteiger charge is -2.11. The molecule has 0 aliphatic heterocycles. The van der Waals surface area contributed by atoms with E-state index in [9.17, 15) is 5.11 Å². The molecule has 0 unspecified atom stereocenters. The topological polar surface area (TPSA) is 50.9 Å². The van der Waals surface area contributed by atoms with Crippen molar-refractivity contribution in [2.24, 2.45) is 0 Å². The smallest absolute Gasteiger partial charge is 0.114 e. The first-order valence-electron chi connectivity index (χ1n) is 5.33. The van der Waals surface area contributed by atoms with Gasteiger partial charge in [-0.2, -0.15) is 0 Å². The van der Waals surface area contributed by atoms with Gasteiger partial charge in [0.25, 0.3) is 0 Å². The molecule has 0 amide bonds. The highest BCUT2D eigenvalue weighted by atomic mass is 35.5. The fourth-order valence-electron chi connectivity index (χ4n) is 1.46. The summed E-state index contributed by atoms with van der Waals surface area (Å²) in [5.41, 5.74) is 0.546. The van der Waals surface area contributed by atoms with E-state index in [0.29, 0.717) is 17.3 Å². The Bertz CT molecular complexity index is 516. The molecule has 5 heteroatoms. The normalized spacial score (nSPS) is 11.8. The molecule has 0 aliphatic rings. The van der Waals surface area contributed by atoms with E-state index in [1.54, 1.807) is 24.7 Å².